The molecule has 2 atom stereocenters. The fraction of sp³-hybridized carbons (Fsp3) is 0.333. The first-order chi connectivity index (χ1) is 8.42. The molecule has 6 heteroatoms. The molecule has 0 fully saturated rings. The molecule has 0 amide bonds. The molecule has 5 nitrogen and oxygen atoms in total. The number of benzene rings is 1. The van der Waals surface area contributed by atoms with Crippen LogP contribution in [0.3, 0.4) is 0 Å². The van der Waals surface area contributed by atoms with Crippen molar-refractivity contribution in [2.45, 2.75) is 25.0 Å². The molecule has 0 aromatic heterocycles. The van der Waals surface area contributed by atoms with Crippen LogP contribution < -0.4 is 5.73 Å². The summed E-state index contributed by atoms with van der Waals surface area (Å²) in [5, 5.41) is 0. The van der Waals surface area contributed by atoms with Gasteiger partial charge in [0.2, 0.25) is 0 Å². The van der Waals surface area contributed by atoms with E-state index in [2.05, 4.69) is 10.8 Å². The molecule has 1 aromatic rings. The fourth-order valence-electron chi connectivity index (χ4n) is 1.57. The molecular formula is C12H17NO4S. The van der Waals surface area contributed by atoms with Gasteiger partial charge in [-0.2, -0.15) is 8.42 Å². The van der Waals surface area contributed by atoms with Gasteiger partial charge in [-0.05, 0) is 18.4 Å². The Morgan fingerprint density at radius 1 is 1.39 bits per heavy atom. The largest absolute Gasteiger partial charge is 0.397 e. The van der Waals surface area contributed by atoms with E-state index in [1.165, 1.54) is 6.08 Å². The van der Waals surface area contributed by atoms with Gasteiger partial charge in [0, 0.05) is 0 Å². The number of aryl methyl sites for hydroxylation is 1. The van der Waals surface area contributed by atoms with Gasteiger partial charge in [-0.1, -0.05) is 36.4 Å². The summed E-state index contributed by atoms with van der Waals surface area (Å²) in [4.78, 5) is 0. The Bertz CT molecular complexity index is 472. The zero-order valence-electron chi connectivity index (χ0n) is 9.90. The molecule has 0 aliphatic carbocycles. The van der Waals surface area contributed by atoms with Crippen LogP contribution in [0.2, 0.25) is 0 Å². The van der Waals surface area contributed by atoms with Crippen LogP contribution in [0.1, 0.15) is 12.0 Å². The second kappa shape index (κ2) is 6.65. The Kier molecular flexibility index (Phi) is 5.49. The van der Waals surface area contributed by atoms with E-state index < -0.39 is 22.5 Å². The van der Waals surface area contributed by atoms with E-state index in [0.29, 0.717) is 12.8 Å². The van der Waals surface area contributed by atoms with Gasteiger partial charge < -0.3 is 5.73 Å². The monoisotopic (exact) mass is 271 g/mol. The Morgan fingerprint density at radius 2 is 2.00 bits per heavy atom. The molecule has 1 rings (SSSR count). The van der Waals surface area contributed by atoms with Crippen LogP contribution in [-0.4, -0.2) is 25.1 Å². The summed E-state index contributed by atoms with van der Waals surface area (Å²) in [6, 6.07) is 8.86. The van der Waals surface area contributed by atoms with Gasteiger partial charge in [-0.3, -0.25) is 4.55 Å². The summed E-state index contributed by atoms with van der Waals surface area (Å²) in [7, 11) is -4.51. The smallest absolute Gasteiger partial charge is 0.322 e. The summed E-state index contributed by atoms with van der Waals surface area (Å²) in [5.41, 5.74) is 6.71. The highest BCUT2D eigenvalue weighted by atomic mass is 32.3. The Morgan fingerprint density at radius 3 is 2.50 bits per heavy atom. The number of rotatable bonds is 7. The van der Waals surface area contributed by atoms with E-state index in [1.54, 1.807) is 0 Å². The molecule has 0 saturated heterocycles. The van der Waals surface area contributed by atoms with E-state index in [1.807, 2.05) is 30.3 Å². The summed E-state index contributed by atoms with van der Waals surface area (Å²) in [6.07, 6.45) is 1.54. The summed E-state index contributed by atoms with van der Waals surface area (Å²) in [6.45, 7) is 3.49. The molecule has 0 bridgehead atoms. The third-order valence-corrected chi connectivity index (χ3v) is 3.00. The molecule has 0 heterocycles. The maximum Gasteiger partial charge on any atom is 0.397 e. The molecule has 1 aromatic carbocycles. The lowest BCUT2D eigenvalue weighted by Gasteiger charge is -2.19. The van der Waals surface area contributed by atoms with E-state index in [0.717, 1.165) is 5.56 Å². The standard InChI is InChI=1S/C12H17NO4S/c1-2-11(13)12(17-18(14,15)16)9-8-10-6-4-3-5-7-10/h2-7,11-12H,1,8-9,13H2,(H,14,15,16)/t11-,12+/m1/s1. The first-order valence-corrected chi connectivity index (χ1v) is 6.86. The molecule has 0 aliphatic rings. The second-order valence-electron chi connectivity index (χ2n) is 3.90. The van der Waals surface area contributed by atoms with Crippen LogP contribution in [0, 0.1) is 0 Å². The number of nitrogens with two attached hydrogens (primary N) is 1. The Balaban J connectivity index is 2.65. The third-order valence-electron chi connectivity index (χ3n) is 2.51. The van der Waals surface area contributed by atoms with Crippen molar-refractivity contribution in [3.8, 4) is 0 Å². The van der Waals surface area contributed by atoms with Crippen molar-refractivity contribution in [2.24, 2.45) is 5.73 Å². The summed E-state index contributed by atoms with van der Waals surface area (Å²) >= 11 is 0. The average molecular weight is 271 g/mol. The van der Waals surface area contributed by atoms with Crippen molar-refractivity contribution in [1.29, 1.82) is 0 Å². The van der Waals surface area contributed by atoms with Crippen LogP contribution in [0.25, 0.3) is 0 Å². The molecule has 0 saturated carbocycles. The minimum Gasteiger partial charge on any atom is -0.322 e. The minimum atomic E-state index is -4.51. The predicted molar refractivity (Wildman–Crippen MR) is 69.4 cm³/mol. The molecule has 0 aliphatic heterocycles. The normalized spacial score (nSPS) is 15.0. The van der Waals surface area contributed by atoms with E-state index in [9.17, 15) is 8.42 Å². The van der Waals surface area contributed by atoms with Crippen molar-refractivity contribution in [3.63, 3.8) is 0 Å². The van der Waals surface area contributed by atoms with Crippen molar-refractivity contribution in [3.05, 3.63) is 48.6 Å². The molecule has 0 spiro atoms. The van der Waals surface area contributed by atoms with Crippen molar-refractivity contribution >= 4 is 10.4 Å². The zero-order valence-corrected chi connectivity index (χ0v) is 10.7. The highest BCUT2D eigenvalue weighted by Gasteiger charge is 2.21. The summed E-state index contributed by atoms with van der Waals surface area (Å²) in [5.74, 6) is 0. The van der Waals surface area contributed by atoms with Gasteiger partial charge in [0.05, 0.1) is 12.1 Å². The summed E-state index contributed by atoms with van der Waals surface area (Å²) < 4.78 is 34.7. The topological polar surface area (TPSA) is 89.6 Å². The highest BCUT2D eigenvalue weighted by molar-refractivity contribution is 7.80. The Hall–Kier alpha value is -1.21. The lowest BCUT2D eigenvalue weighted by atomic mass is 10.0. The van der Waals surface area contributed by atoms with Crippen LogP contribution in [0.5, 0.6) is 0 Å². The SMILES string of the molecule is C=C[C@@H](N)[C@H](CCc1ccccc1)OS(=O)(=O)O. The molecular weight excluding hydrogens is 254 g/mol. The van der Waals surface area contributed by atoms with Crippen molar-refractivity contribution in [2.75, 3.05) is 0 Å². The highest BCUT2D eigenvalue weighted by Crippen LogP contribution is 2.12. The molecule has 100 valence electrons. The zero-order chi connectivity index (χ0) is 13.6. The lowest BCUT2D eigenvalue weighted by Crippen LogP contribution is -2.36. The van der Waals surface area contributed by atoms with Crippen LogP contribution in [-0.2, 0) is 21.0 Å². The van der Waals surface area contributed by atoms with Crippen molar-refractivity contribution in [1.82, 2.24) is 0 Å². The maximum atomic E-state index is 10.7. The quantitative estimate of drug-likeness (QED) is 0.576. The number of hydrogen-bond donors (Lipinski definition) is 2. The van der Waals surface area contributed by atoms with Crippen LogP contribution in [0.15, 0.2) is 43.0 Å². The van der Waals surface area contributed by atoms with Gasteiger partial charge >= 0.3 is 10.4 Å². The first kappa shape index (κ1) is 14.8. The average Bonchev–Trinajstić information content (AvgIpc) is 2.33. The predicted octanol–water partition coefficient (Wildman–Crippen LogP) is 1.32. The van der Waals surface area contributed by atoms with Crippen LogP contribution >= 0.6 is 0 Å². The van der Waals surface area contributed by atoms with Gasteiger partial charge in [0.25, 0.3) is 0 Å². The fourth-order valence-corrected chi connectivity index (χ4v) is 2.10. The molecule has 3 N–H and O–H groups in total. The van der Waals surface area contributed by atoms with Gasteiger partial charge in [-0.25, -0.2) is 4.18 Å². The van der Waals surface area contributed by atoms with E-state index in [-0.39, 0.29) is 0 Å². The maximum absolute atomic E-state index is 10.7. The minimum absolute atomic E-state index is 0.372. The van der Waals surface area contributed by atoms with Crippen molar-refractivity contribution < 1.29 is 17.2 Å². The first-order valence-electron chi connectivity index (χ1n) is 5.50. The molecule has 0 radical (unpaired) electrons. The van der Waals surface area contributed by atoms with E-state index >= 15 is 0 Å². The third kappa shape index (κ3) is 5.42. The van der Waals surface area contributed by atoms with E-state index in [4.69, 9.17) is 10.3 Å². The second-order valence-corrected chi connectivity index (χ2v) is 4.95. The Labute approximate surface area is 107 Å². The van der Waals surface area contributed by atoms with Crippen LogP contribution in [0.4, 0.5) is 0 Å². The van der Waals surface area contributed by atoms with Gasteiger partial charge in [-0.15, -0.1) is 6.58 Å². The van der Waals surface area contributed by atoms with Gasteiger partial charge in [0.15, 0.2) is 0 Å². The molecule has 18 heavy (non-hydrogen) atoms. The molecule has 0 unspecified atom stereocenters. The van der Waals surface area contributed by atoms with Gasteiger partial charge in [0.1, 0.15) is 0 Å². The number of hydrogen-bond acceptors (Lipinski definition) is 4. The lowest BCUT2D eigenvalue weighted by molar-refractivity contribution is 0.161.